The quantitative estimate of drug-likeness (QED) is 0.186. The molecule has 2 amide bonds. The summed E-state index contributed by atoms with van der Waals surface area (Å²) in [6.45, 7) is 9.79. The van der Waals surface area contributed by atoms with E-state index in [1.807, 2.05) is 32.9 Å². The summed E-state index contributed by atoms with van der Waals surface area (Å²) in [4.78, 5) is 29.0. The Hall–Kier alpha value is -3.07. The number of unbranched alkanes of at least 4 members (excludes halogenated alkanes) is 1. The molecular weight excluding hydrogens is 605 g/mol. The molecule has 3 aromatic carbocycles. The molecule has 10 heteroatoms. The lowest BCUT2D eigenvalue weighted by Crippen LogP contribution is -2.52. The van der Waals surface area contributed by atoms with Gasteiger partial charge in [0.05, 0.1) is 10.6 Å². The second-order valence-corrected chi connectivity index (χ2v) is 13.6. The van der Waals surface area contributed by atoms with Crippen LogP contribution < -0.4 is 9.62 Å². The standard InChI is InChI=1S/C33H41Cl2N3O4S/c1-6-8-19-36-33(40)31(7-2)37(21-26-11-14-27(34)20-30(26)35)32(39)22-38(28-15-12-25(13-16-28)23(3)4)43(41,42)29-17-9-24(5)10-18-29/h9-18,20,23,31H,6-8,19,21-22H2,1-5H3,(H,36,40)/t31-/m0/s1. The van der Waals surface area contributed by atoms with Crippen molar-refractivity contribution in [3.05, 3.63) is 93.5 Å². The molecule has 43 heavy (non-hydrogen) atoms. The maximum absolute atomic E-state index is 14.2. The van der Waals surface area contributed by atoms with E-state index in [-0.39, 0.29) is 23.3 Å². The van der Waals surface area contributed by atoms with Gasteiger partial charge in [-0.3, -0.25) is 13.9 Å². The highest BCUT2D eigenvalue weighted by Crippen LogP contribution is 2.28. The Morgan fingerprint density at radius 2 is 1.58 bits per heavy atom. The van der Waals surface area contributed by atoms with Crippen molar-refractivity contribution in [1.29, 1.82) is 0 Å². The zero-order valence-corrected chi connectivity index (χ0v) is 27.8. The normalized spacial score (nSPS) is 12.2. The van der Waals surface area contributed by atoms with Crippen molar-refractivity contribution in [2.24, 2.45) is 0 Å². The van der Waals surface area contributed by atoms with Gasteiger partial charge in [0, 0.05) is 23.1 Å². The van der Waals surface area contributed by atoms with Crippen molar-refractivity contribution in [1.82, 2.24) is 10.2 Å². The number of sulfonamides is 1. The number of hydrogen-bond donors (Lipinski definition) is 1. The van der Waals surface area contributed by atoms with Crippen LogP contribution >= 0.6 is 23.2 Å². The molecule has 3 rings (SSSR count). The summed E-state index contributed by atoms with van der Waals surface area (Å²) < 4.78 is 29.2. The van der Waals surface area contributed by atoms with Crippen molar-refractivity contribution < 1.29 is 18.0 Å². The smallest absolute Gasteiger partial charge is 0.264 e. The monoisotopic (exact) mass is 645 g/mol. The maximum atomic E-state index is 14.2. The largest absolute Gasteiger partial charge is 0.354 e. The average Bonchev–Trinajstić information content (AvgIpc) is 2.97. The van der Waals surface area contributed by atoms with Crippen LogP contribution in [0.15, 0.2) is 71.6 Å². The van der Waals surface area contributed by atoms with Crippen LogP contribution in [-0.2, 0) is 26.2 Å². The van der Waals surface area contributed by atoms with Gasteiger partial charge in [0.2, 0.25) is 11.8 Å². The van der Waals surface area contributed by atoms with Gasteiger partial charge in [0.25, 0.3) is 10.0 Å². The molecule has 1 atom stereocenters. The third-order valence-electron chi connectivity index (χ3n) is 7.31. The Morgan fingerprint density at radius 3 is 2.14 bits per heavy atom. The lowest BCUT2D eigenvalue weighted by atomic mass is 10.0. The van der Waals surface area contributed by atoms with Crippen molar-refractivity contribution in [2.75, 3.05) is 17.4 Å². The minimum atomic E-state index is -4.15. The van der Waals surface area contributed by atoms with Crippen LogP contribution in [0.5, 0.6) is 0 Å². The first kappa shape index (κ1) is 34.4. The number of halogens is 2. The molecule has 0 spiro atoms. The molecule has 0 bridgehead atoms. The molecule has 0 saturated carbocycles. The molecule has 1 N–H and O–H groups in total. The molecule has 0 aromatic heterocycles. The molecule has 0 aliphatic carbocycles. The van der Waals surface area contributed by atoms with Crippen LogP contribution in [0.1, 0.15) is 69.6 Å². The van der Waals surface area contributed by atoms with Crippen LogP contribution in [0, 0.1) is 6.92 Å². The molecular formula is C33H41Cl2N3O4S. The highest BCUT2D eigenvalue weighted by molar-refractivity contribution is 7.92. The van der Waals surface area contributed by atoms with Gasteiger partial charge in [-0.05, 0) is 73.2 Å². The van der Waals surface area contributed by atoms with Gasteiger partial charge in [0.15, 0.2) is 0 Å². The minimum Gasteiger partial charge on any atom is -0.354 e. The van der Waals surface area contributed by atoms with E-state index in [1.165, 1.54) is 17.0 Å². The Labute approximate surface area is 266 Å². The molecule has 232 valence electrons. The number of amides is 2. The van der Waals surface area contributed by atoms with Crippen LogP contribution in [0.2, 0.25) is 10.0 Å². The number of benzene rings is 3. The fourth-order valence-corrected chi connectivity index (χ4v) is 6.53. The Bertz CT molecular complexity index is 1490. The third kappa shape index (κ3) is 8.97. The van der Waals surface area contributed by atoms with Crippen LogP contribution in [0.4, 0.5) is 5.69 Å². The second kappa shape index (κ2) is 15.6. The van der Waals surface area contributed by atoms with Gasteiger partial charge < -0.3 is 10.2 Å². The topological polar surface area (TPSA) is 86.8 Å². The number of carbonyl (C=O) groups excluding carboxylic acids is 2. The van der Waals surface area contributed by atoms with Crippen LogP contribution in [-0.4, -0.2) is 44.3 Å². The third-order valence-corrected chi connectivity index (χ3v) is 9.68. The first-order chi connectivity index (χ1) is 20.4. The molecule has 3 aromatic rings. The molecule has 0 fully saturated rings. The number of rotatable bonds is 14. The first-order valence-corrected chi connectivity index (χ1v) is 16.8. The van der Waals surface area contributed by atoms with E-state index in [0.717, 1.165) is 28.3 Å². The molecule has 0 unspecified atom stereocenters. The van der Waals surface area contributed by atoms with Gasteiger partial charge in [-0.25, -0.2) is 8.42 Å². The van der Waals surface area contributed by atoms with Crippen molar-refractivity contribution in [3.8, 4) is 0 Å². The molecule has 0 radical (unpaired) electrons. The SMILES string of the molecule is CCCCNC(=O)[C@H](CC)N(Cc1ccc(Cl)cc1Cl)C(=O)CN(c1ccc(C(C)C)cc1)S(=O)(=O)c1ccc(C)cc1. The number of carbonyl (C=O) groups is 2. The molecule has 7 nitrogen and oxygen atoms in total. The van der Waals surface area contributed by atoms with E-state index in [0.29, 0.717) is 34.3 Å². The molecule has 0 heterocycles. The number of nitrogens with zero attached hydrogens (tertiary/aromatic N) is 2. The molecule has 0 aliphatic heterocycles. The Morgan fingerprint density at radius 1 is 0.930 bits per heavy atom. The number of anilines is 1. The fraction of sp³-hybridized carbons (Fsp3) is 0.394. The van der Waals surface area contributed by atoms with Gasteiger partial charge in [-0.15, -0.1) is 0 Å². The Kier molecular flexibility index (Phi) is 12.5. The predicted octanol–water partition coefficient (Wildman–Crippen LogP) is 7.34. The van der Waals surface area contributed by atoms with Crippen LogP contribution in [0.25, 0.3) is 0 Å². The van der Waals surface area contributed by atoms with Gasteiger partial charge in [0.1, 0.15) is 12.6 Å². The van der Waals surface area contributed by atoms with Crippen molar-refractivity contribution >= 4 is 50.7 Å². The lowest BCUT2D eigenvalue weighted by Gasteiger charge is -2.33. The second-order valence-electron chi connectivity index (χ2n) is 10.9. The zero-order valence-electron chi connectivity index (χ0n) is 25.4. The number of nitrogens with one attached hydrogen (secondary N) is 1. The lowest BCUT2D eigenvalue weighted by molar-refractivity contribution is -0.140. The van der Waals surface area contributed by atoms with E-state index in [9.17, 15) is 18.0 Å². The van der Waals surface area contributed by atoms with E-state index in [4.69, 9.17) is 23.2 Å². The van der Waals surface area contributed by atoms with Gasteiger partial charge in [-0.1, -0.05) is 93.2 Å². The van der Waals surface area contributed by atoms with Crippen LogP contribution in [0.3, 0.4) is 0 Å². The molecule has 0 saturated heterocycles. The van der Waals surface area contributed by atoms with E-state index in [1.54, 1.807) is 42.5 Å². The van der Waals surface area contributed by atoms with Crippen molar-refractivity contribution in [2.45, 2.75) is 77.3 Å². The predicted molar refractivity (Wildman–Crippen MR) is 175 cm³/mol. The summed E-state index contributed by atoms with van der Waals surface area (Å²) in [6, 6.07) is 17.8. The summed E-state index contributed by atoms with van der Waals surface area (Å²) >= 11 is 12.6. The summed E-state index contributed by atoms with van der Waals surface area (Å²) in [6.07, 6.45) is 2.03. The van der Waals surface area contributed by atoms with E-state index in [2.05, 4.69) is 19.2 Å². The van der Waals surface area contributed by atoms with Crippen molar-refractivity contribution in [3.63, 3.8) is 0 Å². The number of aryl methyl sites for hydroxylation is 1. The average molecular weight is 647 g/mol. The summed E-state index contributed by atoms with van der Waals surface area (Å²) in [5, 5.41) is 3.71. The summed E-state index contributed by atoms with van der Waals surface area (Å²) in [5.41, 5.74) is 2.89. The summed E-state index contributed by atoms with van der Waals surface area (Å²) in [7, 11) is -4.15. The van der Waals surface area contributed by atoms with E-state index < -0.39 is 28.5 Å². The minimum absolute atomic E-state index is 0.000747. The summed E-state index contributed by atoms with van der Waals surface area (Å²) in [5.74, 6) is -0.593. The highest BCUT2D eigenvalue weighted by Gasteiger charge is 2.34. The first-order valence-electron chi connectivity index (χ1n) is 14.6. The fourth-order valence-electron chi connectivity index (χ4n) is 4.65. The Balaban J connectivity index is 2.07. The highest BCUT2D eigenvalue weighted by atomic mass is 35.5. The maximum Gasteiger partial charge on any atom is 0.264 e. The van der Waals surface area contributed by atoms with E-state index >= 15 is 0 Å². The molecule has 0 aliphatic rings. The zero-order chi connectivity index (χ0) is 31.7. The van der Waals surface area contributed by atoms with Gasteiger partial charge in [-0.2, -0.15) is 0 Å². The number of hydrogen-bond acceptors (Lipinski definition) is 4. The van der Waals surface area contributed by atoms with Gasteiger partial charge >= 0.3 is 0 Å².